The molecule has 0 fully saturated rings. The Kier molecular flexibility index (Phi) is 5.03. The van der Waals surface area contributed by atoms with Gasteiger partial charge in [-0.15, -0.1) is 0 Å². The quantitative estimate of drug-likeness (QED) is 0.449. The molecule has 5 rings (SSSR count). The summed E-state index contributed by atoms with van der Waals surface area (Å²) in [5, 5.41) is 8.44. The summed E-state index contributed by atoms with van der Waals surface area (Å²) < 4.78 is 8.79. The van der Waals surface area contributed by atoms with Crippen molar-refractivity contribution in [2.24, 2.45) is 0 Å². The smallest absolute Gasteiger partial charge is 0.287 e. The number of aromatic nitrogens is 4. The van der Waals surface area contributed by atoms with E-state index >= 15 is 0 Å². The van der Waals surface area contributed by atoms with Crippen LogP contribution >= 0.6 is 0 Å². The summed E-state index contributed by atoms with van der Waals surface area (Å²) >= 11 is 0. The van der Waals surface area contributed by atoms with Crippen molar-refractivity contribution in [3.05, 3.63) is 94.4 Å². The Bertz CT molecular complexity index is 1460. The first-order chi connectivity index (χ1) is 15.6. The molecule has 0 saturated heterocycles. The lowest BCUT2D eigenvalue weighted by atomic mass is 10.1. The SMILES string of the molecule is Cc1ccccc1Cn1cnc2c(cnn2CCNC(=O)c2cc3ccccc3o2)c1=O. The number of carbonyl (C=O) groups is 1. The van der Waals surface area contributed by atoms with E-state index in [4.69, 9.17) is 4.42 Å². The fourth-order valence-electron chi connectivity index (χ4n) is 3.70. The Morgan fingerprint density at radius 1 is 1.12 bits per heavy atom. The van der Waals surface area contributed by atoms with Gasteiger partial charge in [0.25, 0.3) is 11.5 Å². The van der Waals surface area contributed by atoms with Crippen LogP contribution in [0, 0.1) is 6.92 Å². The molecule has 160 valence electrons. The third kappa shape index (κ3) is 3.66. The van der Waals surface area contributed by atoms with Gasteiger partial charge in [-0.3, -0.25) is 14.2 Å². The van der Waals surface area contributed by atoms with E-state index in [1.54, 1.807) is 21.6 Å². The summed E-state index contributed by atoms with van der Waals surface area (Å²) in [7, 11) is 0. The first-order valence-corrected chi connectivity index (χ1v) is 10.3. The second kappa shape index (κ2) is 8.14. The molecule has 0 aliphatic heterocycles. The monoisotopic (exact) mass is 427 g/mol. The van der Waals surface area contributed by atoms with Crippen LogP contribution in [0.5, 0.6) is 0 Å². The zero-order valence-corrected chi connectivity index (χ0v) is 17.5. The summed E-state index contributed by atoms with van der Waals surface area (Å²) in [6.07, 6.45) is 3.07. The van der Waals surface area contributed by atoms with Crippen LogP contribution in [0.25, 0.3) is 22.0 Å². The van der Waals surface area contributed by atoms with Crippen molar-refractivity contribution in [1.29, 1.82) is 0 Å². The lowest BCUT2D eigenvalue weighted by Crippen LogP contribution is -2.27. The van der Waals surface area contributed by atoms with E-state index in [0.717, 1.165) is 16.5 Å². The predicted molar refractivity (Wildman–Crippen MR) is 121 cm³/mol. The van der Waals surface area contributed by atoms with Crippen LogP contribution in [0.2, 0.25) is 0 Å². The van der Waals surface area contributed by atoms with E-state index < -0.39 is 0 Å². The van der Waals surface area contributed by atoms with Gasteiger partial charge in [-0.2, -0.15) is 5.10 Å². The van der Waals surface area contributed by atoms with Gasteiger partial charge in [0, 0.05) is 11.9 Å². The van der Waals surface area contributed by atoms with Crippen molar-refractivity contribution in [2.45, 2.75) is 20.0 Å². The molecule has 32 heavy (non-hydrogen) atoms. The summed E-state index contributed by atoms with van der Waals surface area (Å²) in [5.74, 6) is -0.0417. The van der Waals surface area contributed by atoms with Gasteiger partial charge in [0.1, 0.15) is 17.3 Å². The van der Waals surface area contributed by atoms with Crippen LogP contribution in [-0.2, 0) is 13.1 Å². The zero-order valence-electron chi connectivity index (χ0n) is 17.5. The Balaban J connectivity index is 1.29. The Hall–Kier alpha value is -4.20. The minimum absolute atomic E-state index is 0.143. The van der Waals surface area contributed by atoms with Gasteiger partial charge in [0.15, 0.2) is 11.4 Å². The van der Waals surface area contributed by atoms with Crippen molar-refractivity contribution in [2.75, 3.05) is 6.54 Å². The number of nitrogens with zero attached hydrogens (tertiary/aromatic N) is 4. The van der Waals surface area contributed by atoms with Crippen LogP contribution in [0.15, 0.2) is 76.3 Å². The number of benzene rings is 2. The highest BCUT2D eigenvalue weighted by atomic mass is 16.3. The molecule has 0 atom stereocenters. The zero-order chi connectivity index (χ0) is 22.1. The topological polar surface area (TPSA) is 95.0 Å². The number of amides is 1. The molecule has 2 aromatic carbocycles. The van der Waals surface area contributed by atoms with E-state index in [0.29, 0.717) is 36.3 Å². The number of furan rings is 1. The normalized spacial score (nSPS) is 11.3. The molecule has 0 aliphatic carbocycles. The van der Waals surface area contributed by atoms with Crippen molar-refractivity contribution in [3.8, 4) is 0 Å². The van der Waals surface area contributed by atoms with Gasteiger partial charge in [-0.1, -0.05) is 42.5 Å². The second-order valence-electron chi connectivity index (χ2n) is 7.61. The highest BCUT2D eigenvalue weighted by Crippen LogP contribution is 2.18. The number of hydrogen-bond donors (Lipinski definition) is 1. The van der Waals surface area contributed by atoms with Crippen LogP contribution in [-0.4, -0.2) is 31.8 Å². The Morgan fingerprint density at radius 2 is 1.94 bits per heavy atom. The first kappa shape index (κ1) is 19.7. The van der Waals surface area contributed by atoms with Gasteiger partial charge in [-0.25, -0.2) is 9.67 Å². The molecule has 3 aromatic heterocycles. The third-order valence-corrected chi connectivity index (χ3v) is 5.48. The number of para-hydroxylation sites is 1. The lowest BCUT2D eigenvalue weighted by Gasteiger charge is -2.09. The summed E-state index contributed by atoms with van der Waals surface area (Å²) in [5.41, 5.74) is 3.21. The highest BCUT2D eigenvalue weighted by molar-refractivity contribution is 5.96. The molecule has 0 spiro atoms. The molecule has 5 aromatic rings. The summed E-state index contributed by atoms with van der Waals surface area (Å²) in [6.45, 7) is 3.17. The molecule has 3 heterocycles. The average Bonchev–Trinajstić information content (AvgIpc) is 3.42. The van der Waals surface area contributed by atoms with E-state index in [1.165, 1.54) is 6.20 Å². The summed E-state index contributed by atoms with van der Waals surface area (Å²) in [6, 6.07) is 17.1. The maximum absolute atomic E-state index is 12.9. The van der Waals surface area contributed by atoms with Crippen molar-refractivity contribution < 1.29 is 9.21 Å². The predicted octanol–water partition coefficient (Wildman–Crippen LogP) is 3.13. The molecule has 1 amide bonds. The molecule has 1 N–H and O–H groups in total. The van der Waals surface area contributed by atoms with Gasteiger partial charge in [-0.05, 0) is 30.2 Å². The second-order valence-corrected chi connectivity index (χ2v) is 7.61. The van der Waals surface area contributed by atoms with Gasteiger partial charge in [0.05, 0.1) is 19.3 Å². The number of rotatable bonds is 6. The van der Waals surface area contributed by atoms with Crippen molar-refractivity contribution in [1.82, 2.24) is 24.6 Å². The third-order valence-electron chi connectivity index (χ3n) is 5.48. The van der Waals surface area contributed by atoms with Crippen LogP contribution in [0.4, 0.5) is 0 Å². The highest BCUT2D eigenvalue weighted by Gasteiger charge is 2.13. The van der Waals surface area contributed by atoms with Gasteiger partial charge < -0.3 is 9.73 Å². The average molecular weight is 427 g/mol. The van der Waals surface area contributed by atoms with Crippen molar-refractivity contribution in [3.63, 3.8) is 0 Å². The molecule has 8 nitrogen and oxygen atoms in total. The molecule has 0 bridgehead atoms. The van der Waals surface area contributed by atoms with Crippen LogP contribution in [0.1, 0.15) is 21.7 Å². The number of fused-ring (bicyclic) bond motifs is 2. The molecule has 0 saturated carbocycles. The van der Waals surface area contributed by atoms with Crippen LogP contribution in [0.3, 0.4) is 0 Å². The molecule has 0 aliphatic rings. The van der Waals surface area contributed by atoms with Crippen LogP contribution < -0.4 is 10.9 Å². The minimum Gasteiger partial charge on any atom is -0.451 e. The largest absolute Gasteiger partial charge is 0.451 e. The Morgan fingerprint density at radius 3 is 2.78 bits per heavy atom. The fourth-order valence-corrected chi connectivity index (χ4v) is 3.70. The van der Waals surface area contributed by atoms with E-state index in [9.17, 15) is 9.59 Å². The molecular formula is C24H21N5O3. The van der Waals surface area contributed by atoms with Crippen molar-refractivity contribution >= 4 is 27.9 Å². The number of nitrogens with one attached hydrogen (secondary N) is 1. The number of hydrogen-bond acceptors (Lipinski definition) is 5. The molecule has 0 unspecified atom stereocenters. The van der Waals surface area contributed by atoms with Gasteiger partial charge >= 0.3 is 0 Å². The molecular weight excluding hydrogens is 406 g/mol. The summed E-state index contributed by atoms with van der Waals surface area (Å²) in [4.78, 5) is 29.7. The van der Waals surface area contributed by atoms with Gasteiger partial charge in [0.2, 0.25) is 0 Å². The standard InChI is InChI=1S/C24H21N5O3/c1-16-6-2-3-8-18(16)14-28-15-26-22-19(24(28)31)13-27-29(22)11-10-25-23(30)21-12-17-7-4-5-9-20(17)32-21/h2-9,12-13,15H,10-11,14H2,1H3,(H,25,30). The molecule has 8 heteroatoms. The molecule has 0 radical (unpaired) electrons. The Labute approximate surface area is 183 Å². The van der Waals surface area contributed by atoms with E-state index in [-0.39, 0.29) is 17.2 Å². The number of aryl methyl sites for hydroxylation is 1. The first-order valence-electron chi connectivity index (χ1n) is 10.3. The maximum Gasteiger partial charge on any atom is 0.287 e. The van der Waals surface area contributed by atoms with E-state index in [2.05, 4.69) is 15.4 Å². The minimum atomic E-state index is -0.300. The fraction of sp³-hybridized carbons (Fsp3) is 0.167. The van der Waals surface area contributed by atoms with E-state index in [1.807, 2.05) is 55.5 Å². The number of carbonyl (C=O) groups excluding carboxylic acids is 1. The maximum atomic E-state index is 12.9. The lowest BCUT2D eigenvalue weighted by molar-refractivity contribution is 0.0926.